The molecule has 2 N–H and O–H groups in total. The molecule has 1 aromatic carbocycles. The number of benzene rings is 1. The van der Waals surface area contributed by atoms with E-state index in [1.807, 2.05) is 13.1 Å². The van der Waals surface area contributed by atoms with E-state index in [1.54, 1.807) is 0 Å². The summed E-state index contributed by atoms with van der Waals surface area (Å²) in [6.07, 6.45) is 1.22. The summed E-state index contributed by atoms with van der Waals surface area (Å²) in [6, 6.07) is 6.62. The second-order valence-electron chi connectivity index (χ2n) is 4.63. The number of ether oxygens (including phenoxy) is 2. The summed E-state index contributed by atoms with van der Waals surface area (Å²) < 4.78 is 10.8. The molecule has 1 fully saturated rings. The smallest absolute Gasteiger partial charge is 0.231 e. The highest BCUT2D eigenvalue weighted by Crippen LogP contribution is 2.36. The molecule has 0 aromatic heterocycles. The Morgan fingerprint density at radius 2 is 2.24 bits per heavy atom. The lowest BCUT2D eigenvalue weighted by molar-refractivity contribution is 0.174. The molecule has 0 amide bonds. The molecule has 17 heavy (non-hydrogen) atoms. The third-order valence-electron chi connectivity index (χ3n) is 3.64. The second-order valence-corrected chi connectivity index (χ2v) is 4.63. The van der Waals surface area contributed by atoms with Gasteiger partial charge in [-0.3, -0.25) is 0 Å². The van der Waals surface area contributed by atoms with Gasteiger partial charge in [-0.2, -0.15) is 0 Å². The molecule has 2 aliphatic rings. The van der Waals surface area contributed by atoms with Crippen LogP contribution < -0.4 is 20.1 Å². The van der Waals surface area contributed by atoms with E-state index in [4.69, 9.17) is 9.47 Å². The molecular weight excluding hydrogens is 216 g/mol. The minimum absolute atomic E-state index is 0.341. The molecule has 1 saturated heterocycles. The van der Waals surface area contributed by atoms with E-state index in [1.165, 1.54) is 12.0 Å². The Morgan fingerprint density at radius 3 is 3.00 bits per heavy atom. The highest BCUT2D eigenvalue weighted by Gasteiger charge is 2.26. The van der Waals surface area contributed by atoms with Gasteiger partial charge < -0.3 is 20.1 Å². The molecule has 3 rings (SSSR count). The summed E-state index contributed by atoms with van der Waals surface area (Å²) in [5, 5.41) is 6.83. The van der Waals surface area contributed by atoms with Crippen molar-refractivity contribution in [3.8, 4) is 11.5 Å². The van der Waals surface area contributed by atoms with Crippen LogP contribution in [0.25, 0.3) is 0 Å². The van der Waals surface area contributed by atoms with Crippen LogP contribution in [0.1, 0.15) is 18.0 Å². The number of hydrogen-bond donors (Lipinski definition) is 2. The van der Waals surface area contributed by atoms with Gasteiger partial charge in [0, 0.05) is 6.04 Å². The predicted molar refractivity (Wildman–Crippen MR) is 65.3 cm³/mol. The molecule has 4 nitrogen and oxygen atoms in total. The quantitative estimate of drug-likeness (QED) is 0.827. The fraction of sp³-hybridized carbons (Fsp3) is 0.538. The summed E-state index contributed by atoms with van der Waals surface area (Å²) in [6.45, 7) is 2.54. The van der Waals surface area contributed by atoms with E-state index in [-0.39, 0.29) is 0 Å². The largest absolute Gasteiger partial charge is 0.454 e. The summed E-state index contributed by atoms with van der Waals surface area (Å²) in [7, 11) is 2.02. The van der Waals surface area contributed by atoms with E-state index < -0.39 is 0 Å². The molecule has 2 unspecified atom stereocenters. The van der Waals surface area contributed by atoms with Crippen molar-refractivity contribution in [1.82, 2.24) is 10.6 Å². The van der Waals surface area contributed by atoms with Crippen molar-refractivity contribution in [3.05, 3.63) is 23.8 Å². The lowest BCUT2D eigenvalue weighted by Crippen LogP contribution is -2.26. The Morgan fingerprint density at radius 1 is 1.35 bits per heavy atom. The van der Waals surface area contributed by atoms with E-state index in [0.717, 1.165) is 24.6 Å². The van der Waals surface area contributed by atoms with Gasteiger partial charge in [0.15, 0.2) is 11.5 Å². The van der Waals surface area contributed by atoms with Gasteiger partial charge in [-0.25, -0.2) is 0 Å². The maximum atomic E-state index is 5.43. The highest BCUT2D eigenvalue weighted by molar-refractivity contribution is 5.45. The predicted octanol–water partition coefficient (Wildman–Crippen LogP) is 1.29. The van der Waals surface area contributed by atoms with Crippen molar-refractivity contribution in [3.63, 3.8) is 0 Å². The van der Waals surface area contributed by atoms with Gasteiger partial charge in [0.25, 0.3) is 0 Å². The van der Waals surface area contributed by atoms with Gasteiger partial charge in [0.2, 0.25) is 6.79 Å². The maximum Gasteiger partial charge on any atom is 0.231 e. The number of fused-ring (bicyclic) bond motifs is 1. The molecule has 1 aromatic rings. The molecule has 92 valence electrons. The summed E-state index contributed by atoms with van der Waals surface area (Å²) in [4.78, 5) is 0. The van der Waals surface area contributed by atoms with Crippen LogP contribution in [-0.4, -0.2) is 26.9 Å². The summed E-state index contributed by atoms with van der Waals surface area (Å²) >= 11 is 0. The number of nitrogens with one attached hydrogen (secondary N) is 2. The van der Waals surface area contributed by atoms with E-state index in [2.05, 4.69) is 22.8 Å². The minimum Gasteiger partial charge on any atom is -0.454 e. The van der Waals surface area contributed by atoms with Crippen LogP contribution in [0.5, 0.6) is 11.5 Å². The third-order valence-corrected chi connectivity index (χ3v) is 3.64. The first kappa shape index (κ1) is 10.9. The maximum absolute atomic E-state index is 5.43. The van der Waals surface area contributed by atoms with Gasteiger partial charge in [0.05, 0.1) is 0 Å². The molecular formula is C13H18N2O2. The first-order valence-electron chi connectivity index (χ1n) is 6.16. The topological polar surface area (TPSA) is 42.5 Å². The SMILES string of the molecule is CNC(c1ccc2c(c1)OCO2)C1CCNC1. The van der Waals surface area contributed by atoms with Crippen molar-refractivity contribution >= 4 is 0 Å². The van der Waals surface area contributed by atoms with Crippen LogP contribution in [-0.2, 0) is 0 Å². The second kappa shape index (κ2) is 4.55. The summed E-state index contributed by atoms with van der Waals surface area (Å²) in [5.74, 6) is 2.38. The third kappa shape index (κ3) is 1.98. The first-order chi connectivity index (χ1) is 8.38. The Bertz CT molecular complexity index is 402. The fourth-order valence-electron chi connectivity index (χ4n) is 2.74. The molecule has 4 heteroatoms. The van der Waals surface area contributed by atoms with E-state index >= 15 is 0 Å². The normalized spacial score (nSPS) is 23.9. The van der Waals surface area contributed by atoms with Gasteiger partial charge in [-0.1, -0.05) is 6.07 Å². The van der Waals surface area contributed by atoms with Crippen LogP contribution >= 0.6 is 0 Å². The fourth-order valence-corrected chi connectivity index (χ4v) is 2.74. The van der Waals surface area contributed by atoms with Crippen molar-refractivity contribution in [2.24, 2.45) is 5.92 Å². The van der Waals surface area contributed by atoms with E-state index in [9.17, 15) is 0 Å². The molecule has 0 radical (unpaired) electrons. The molecule has 2 aliphatic heterocycles. The van der Waals surface area contributed by atoms with Gasteiger partial charge in [-0.05, 0) is 50.2 Å². The first-order valence-corrected chi connectivity index (χ1v) is 6.16. The monoisotopic (exact) mass is 234 g/mol. The van der Waals surface area contributed by atoms with Crippen molar-refractivity contribution in [2.75, 3.05) is 26.9 Å². The number of rotatable bonds is 3. The van der Waals surface area contributed by atoms with Crippen LogP contribution in [0, 0.1) is 5.92 Å². The Hall–Kier alpha value is -1.26. The van der Waals surface area contributed by atoms with Gasteiger partial charge in [0.1, 0.15) is 0 Å². The minimum atomic E-state index is 0.341. The molecule has 0 spiro atoms. The zero-order valence-corrected chi connectivity index (χ0v) is 10.0. The zero-order valence-electron chi connectivity index (χ0n) is 10.0. The summed E-state index contributed by atoms with van der Waals surface area (Å²) in [5.41, 5.74) is 1.28. The van der Waals surface area contributed by atoms with E-state index in [0.29, 0.717) is 18.8 Å². The number of hydrogen-bond acceptors (Lipinski definition) is 4. The molecule has 0 saturated carbocycles. The van der Waals surface area contributed by atoms with Crippen molar-refractivity contribution < 1.29 is 9.47 Å². The van der Waals surface area contributed by atoms with Crippen LogP contribution in [0.4, 0.5) is 0 Å². The Kier molecular flexibility index (Phi) is 2.91. The standard InChI is InChI=1S/C13H18N2O2/c1-14-13(10-4-5-15-7-10)9-2-3-11-12(6-9)17-8-16-11/h2-3,6,10,13-15H,4-5,7-8H2,1H3. The lowest BCUT2D eigenvalue weighted by Gasteiger charge is -2.23. The van der Waals surface area contributed by atoms with Crippen LogP contribution in [0.15, 0.2) is 18.2 Å². The molecule has 0 bridgehead atoms. The highest BCUT2D eigenvalue weighted by atomic mass is 16.7. The van der Waals surface area contributed by atoms with Gasteiger partial charge in [-0.15, -0.1) is 0 Å². The zero-order chi connectivity index (χ0) is 11.7. The Balaban J connectivity index is 1.85. The van der Waals surface area contributed by atoms with Gasteiger partial charge >= 0.3 is 0 Å². The molecule has 2 heterocycles. The van der Waals surface area contributed by atoms with Crippen molar-refractivity contribution in [1.29, 1.82) is 0 Å². The molecule has 0 aliphatic carbocycles. The average Bonchev–Trinajstić information content (AvgIpc) is 2.99. The lowest BCUT2D eigenvalue weighted by atomic mass is 9.92. The average molecular weight is 234 g/mol. The van der Waals surface area contributed by atoms with Crippen LogP contribution in [0.3, 0.4) is 0 Å². The van der Waals surface area contributed by atoms with Crippen LogP contribution in [0.2, 0.25) is 0 Å². The Labute approximate surface area is 101 Å². The van der Waals surface area contributed by atoms with Crippen molar-refractivity contribution in [2.45, 2.75) is 12.5 Å². The molecule has 2 atom stereocenters.